The number of carbonyl (C=O) groups excluding carboxylic acids is 2. The number of fused-ring (bicyclic) bond motifs is 1. The minimum atomic E-state index is -4.62. The maximum Gasteiger partial charge on any atom is 0.421 e. The highest BCUT2D eigenvalue weighted by atomic mass is 35.5. The lowest BCUT2D eigenvalue weighted by Gasteiger charge is -2.30. The molecule has 0 radical (unpaired) electrons. The van der Waals surface area contributed by atoms with Crippen LogP contribution in [0.15, 0.2) is 71.8 Å². The second kappa shape index (κ2) is 15.6. The molecule has 6 rings (SSSR count). The number of nitrogens with two attached hydrogens (primary N) is 1. The van der Waals surface area contributed by atoms with E-state index in [1.54, 1.807) is 59.5 Å². The van der Waals surface area contributed by atoms with Gasteiger partial charge in [0.15, 0.2) is 15.1 Å². The molecule has 2 amide bonds. The molecule has 282 valence electrons. The van der Waals surface area contributed by atoms with Crippen molar-refractivity contribution in [3.05, 3.63) is 87.9 Å². The summed E-state index contributed by atoms with van der Waals surface area (Å²) in [4.78, 5) is 30.6. The van der Waals surface area contributed by atoms with E-state index < -0.39 is 43.8 Å². The molecule has 3 heterocycles. The van der Waals surface area contributed by atoms with Crippen LogP contribution in [0.3, 0.4) is 0 Å². The monoisotopic (exact) mass is 804 g/mol. The summed E-state index contributed by atoms with van der Waals surface area (Å²) in [7, 11) is -8.74. The zero-order valence-electron chi connectivity index (χ0n) is 28.7. The molecular weight excluding hydrogens is 768 g/mol. The van der Waals surface area contributed by atoms with Crippen molar-refractivity contribution >= 4 is 71.2 Å². The van der Waals surface area contributed by atoms with Crippen LogP contribution < -0.4 is 15.9 Å². The Bertz CT molecular complexity index is 2260. The summed E-state index contributed by atoms with van der Waals surface area (Å²) < 4.78 is 71.8. The standard InChI is InChI=1S/C34H37ClN6O9S3/c1-21(2)18-34(20-37-53(46,47)50-33(36)43)40-39-30(49-34)29(52(44,45)19-22-6-4-3-5-7-22)31-38-27-11-9-24(17-28(27)51-31)23-8-10-25(26(35)16-23)32(42)41-12-14-48-15-13-41/h3-11,16-17,21,29,37,40H,12-15,18-20H2,1-2H3,(H2,36,43). The first-order valence-electron chi connectivity index (χ1n) is 16.5. The van der Waals surface area contributed by atoms with Gasteiger partial charge >= 0.3 is 16.4 Å². The molecule has 53 heavy (non-hydrogen) atoms. The number of morpholine rings is 1. The van der Waals surface area contributed by atoms with E-state index in [1.807, 2.05) is 26.0 Å². The van der Waals surface area contributed by atoms with Gasteiger partial charge in [-0.1, -0.05) is 67.9 Å². The van der Waals surface area contributed by atoms with Gasteiger partial charge in [-0.05, 0) is 46.9 Å². The Labute approximate surface area is 315 Å². The molecule has 2 atom stereocenters. The number of hydrogen-bond acceptors (Lipinski definition) is 13. The summed E-state index contributed by atoms with van der Waals surface area (Å²) in [6, 6.07) is 19.3. The maximum absolute atomic E-state index is 14.3. The van der Waals surface area contributed by atoms with Gasteiger partial charge < -0.3 is 24.3 Å². The number of aromatic nitrogens is 1. The topological polar surface area (TPSA) is 209 Å². The highest BCUT2D eigenvalue weighted by Crippen LogP contribution is 2.39. The molecule has 1 fully saturated rings. The van der Waals surface area contributed by atoms with E-state index in [2.05, 4.69) is 19.4 Å². The molecule has 0 aliphatic carbocycles. The smallest absolute Gasteiger partial charge is 0.421 e. The summed E-state index contributed by atoms with van der Waals surface area (Å²) in [5.74, 6) is -0.857. The van der Waals surface area contributed by atoms with E-state index in [0.717, 1.165) is 22.5 Å². The molecule has 4 N–H and O–H groups in total. The van der Waals surface area contributed by atoms with Crippen LogP contribution in [0.5, 0.6) is 0 Å². The van der Waals surface area contributed by atoms with E-state index in [9.17, 15) is 26.4 Å². The van der Waals surface area contributed by atoms with Gasteiger partial charge in [-0.3, -0.25) is 10.2 Å². The molecule has 0 bridgehead atoms. The fourth-order valence-corrected chi connectivity index (χ4v) is 10.2. The highest BCUT2D eigenvalue weighted by molar-refractivity contribution is 7.91. The number of nitrogens with one attached hydrogen (secondary N) is 2. The van der Waals surface area contributed by atoms with E-state index in [0.29, 0.717) is 52.7 Å². The summed E-state index contributed by atoms with van der Waals surface area (Å²) >= 11 is 7.76. The predicted octanol–water partition coefficient (Wildman–Crippen LogP) is 4.35. The van der Waals surface area contributed by atoms with Crippen LogP contribution in [0, 0.1) is 5.92 Å². The Balaban J connectivity index is 1.33. The summed E-state index contributed by atoms with van der Waals surface area (Å²) in [6.45, 7) is 5.14. The van der Waals surface area contributed by atoms with Gasteiger partial charge in [-0.25, -0.2) is 18.2 Å². The lowest BCUT2D eigenvalue weighted by Crippen LogP contribution is -2.52. The molecule has 15 nitrogen and oxygen atoms in total. The van der Waals surface area contributed by atoms with Crippen LogP contribution in [-0.2, 0) is 39.6 Å². The maximum atomic E-state index is 14.3. The molecule has 3 aromatic carbocycles. The second-order valence-electron chi connectivity index (χ2n) is 12.9. The highest BCUT2D eigenvalue weighted by Gasteiger charge is 2.47. The number of amides is 2. The first kappa shape index (κ1) is 38.4. The normalized spacial score (nSPS) is 18.3. The zero-order valence-corrected chi connectivity index (χ0v) is 31.9. The molecular formula is C34H37ClN6O9S3. The molecule has 19 heteroatoms. The van der Waals surface area contributed by atoms with Crippen molar-refractivity contribution < 1.29 is 40.1 Å². The minimum absolute atomic E-state index is 0.0843. The average molecular weight is 805 g/mol. The van der Waals surface area contributed by atoms with Crippen molar-refractivity contribution in [3.63, 3.8) is 0 Å². The van der Waals surface area contributed by atoms with E-state index in [4.69, 9.17) is 31.8 Å². The number of sulfone groups is 1. The number of hydrogen-bond donors (Lipinski definition) is 3. The largest absolute Gasteiger partial charge is 0.449 e. The zero-order chi connectivity index (χ0) is 38.0. The molecule has 1 aromatic heterocycles. The average Bonchev–Trinajstić information content (AvgIpc) is 3.70. The van der Waals surface area contributed by atoms with Crippen LogP contribution in [0.1, 0.15) is 46.4 Å². The summed E-state index contributed by atoms with van der Waals surface area (Å²) in [5, 5.41) is 3.30. The number of ether oxygens (including phenoxy) is 2. The molecule has 2 aliphatic rings. The number of carbonyl (C=O) groups is 2. The van der Waals surface area contributed by atoms with Crippen molar-refractivity contribution in [1.29, 1.82) is 0 Å². The number of hydrazone groups is 1. The summed E-state index contributed by atoms with van der Waals surface area (Å²) in [5.41, 5.74) is 9.10. The molecule has 2 aliphatic heterocycles. The van der Waals surface area contributed by atoms with Crippen LogP contribution in [0.4, 0.5) is 4.79 Å². The van der Waals surface area contributed by atoms with Crippen molar-refractivity contribution in [1.82, 2.24) is 20.0 Å². The fraction of sp³-hybridized carbons (Fsp3) is 0.353. The summed E-state index contributed by atoms with van der Waals surface area (Å²) in [6.07, 6.45) is -1.36. The number of rotatable bonds is 13. The second-order valence-corrected chi connectivity index (χ2v) is 17.9. The van der Waals surface area contributed by atoms with E-state index >= 15 is 0 Å². The Morgan fingerprint density at radius 3 is 2.43 bits per heavy atom. The van der Waals surface area contributed by atoms with Crippen molar-refractivity contribution in [3.8, 4) is 11.1 Å². The van der Waals surface area contributed by atoms with Gasteiger partial charge in [0.25, 0.3) is 5.91 Å². The van der Waals surface area contributed by atoms with Gasteiger partial charge in [0, 0.05) is 19.5 Å². The number of benzene rings is 3. The van der Waals surface area contributed by atoms with Crippen molar-refractivity contribution in [2.75, 3.05) is 32.8 Å². The molecule has 0 saturated carbocycles. The first-order chi connectivity index (χ1) is 25.1. The van der Waals surface area contributed by atoms with Crippen molar-refractivity contribution in [2.24, 2.45) is 16.8 Å². The van der Waals surface area contributed by atoms with Gasteiger partial charge in [0.2, 0.25) is 11.6 Å². The van der Waals surface area contributed by atoms with Crippen LogP contribution in [0.25, 0.3) is 21.3 Å². The van der Waals surface area contributed by atoms with Crippen LogP contribution in [0.2, 0.25) is 5.02 Å². The SMILES string of the molecule is CC(C)CC1(CNS(=O)(=O)OC(N)=O)NN=C(C(c2nc3ccc(-c4ccc(C(=O)N5CCOCC5)c(Cl)c4)cc3s2)S(=O)(=O)Cc2ccccc2)O1. The Hall–Kier alpha value is -4.33. The molecule has 4 aromatic rings. The third-order valence-corrected chi connectivity index (χ3v) is 12.7. The van der Waals surface area contributed by atoms with E-state index in [1.165, 1.54) is 0 Å². The van der Waals surface area contributed by atoms with Gasteiger partial charge in [0.1, 0.15) is 5.01 Å². The Morgan fingerprint density at radius 1 is 1.06 bits per heavy atom. The van der Waals surface area contributed by atoms with Crippen LogP contribution in [-0.4, -0.2) is 83.2 Å². The molecule has 2 unspecified atom stereocenters. The van der Waals surface area contributed by atoms with Gasteiger partial charge in [0.05, 0.1) is 46.3 Å². The van der Waals surface area contributed by atoms with Crippen LogP contribution >= 0.6 is 22.9 Å². The Kier molecular flexibility index (Phi) is 11.3. The number of primary amides is 1. The first-order valence-corrected chi connectivity index (χ1v) is 20.8. The third-order valence-electron chi connectivity index (χ3n) is 8.39. The molecule has 1 saturated heterocycles. The van der Waals surface area contributed by atoms with E-state index in [-0.39, 0.29) is 34.9 Å². The molecule has 0 spiro atoms. The number of nitrogens with zero attached hydrogens (tertiary/aromatic N) is 3. The predicted molar refractivity (Wildman–Crippen MR) is 200 cm³/mol. The lowest BCUT2D eigenvalue weighted by molar-refractivity contribution is 0.0296. The van der Waals surface area contributed by atoms with Gasteiger partial charge in [-0.2, -0.15) is 13.1 Å². The number of thiazole rings is 1. The number of halogens is 1. The van der Waals surface area contributed by atoms with Crippen molar-refractivity contribution in [2.45, 2.75) is 37.0 Å². The fourth-order valence-electron chi connectivity index (χ4n) is 6.09. The Morgan fingerprint density at radius 2 is 1.75 bits per heavy atom. The quantitative estimate of drug-likeness (QED) is 0.173. The minimum Gasteiger partial charge on any atom is -0.449 e. The van der Waals surface area contributed by atoms with Gasteiger partial charge in [-0.15, -0.1) is 16.4 Å². The third kappa shape index (κ3) is 9.08. The lowest BCUT2D eigenvalue weighted by atomic mass is 10.0.